The normalized spacial score (nSPS) is 9.31. The van der Waals surface area contributed by atoms with Crippen molar-refractivity contribution in [3.63, 3.8) is 0 Å². The van der Waals surface area contributed by atoms with Crippen LogP contribution in [0.4, 0.5) is 0 Å². The number of thiol groups is 1. The first kappa shape index (κ1) is 9.67. The molecule has 0 radical (unpaired) electrons. The van der Waals surface area contributed by atoms with E-state index in [4.69, 9.17) is 0 Å². The zero-order valence-electron chi connectivity index (χ0n) is 6.56. The number of rotatable bonds is 3. The Morgan fingerprint density at radius 1 is 0.923 bits per heavy atom. The van der Waals surface area contributed by atoms with Crippen molar-refractivity contribution < 1.29 is 14.4 Å². The fourth-order valence-corrected chi connectivity index (χ4v) is 1.25. The number of carbonyl (C=O) groups excluding carboxylic acids is 3. The molecule has 0 fully saturated rings. The van der Waals surface area contributed by atoms with Crippen molar-refractivity contribution in [2.75, 3.05) is 0 Å². The molecule has 0 unspecified atom stereocenters. The quantitative estimate of drug-likeness (QED) is 0.584. The Hall–Kier alpha value is -1.42. The van der Waals surface area contributed by atoms with Crippen LogP contribution in [0, 0.1) is 0 Å². The minimum absolute atomic E-state index is 0.0949. The van der Waals surface area contributed by atoms with Gasteiger partial charge in [-0.15, -0.1) is 12.6 Å². The SMILES string of the molecule is O=Cc1ccc(S)c(C=O)c1C=O. The molecule has 1 rings (SSSR count). The first-order valence-electron chi connectivity index (χ1n) is 3.46. The first-order valence-corrected chi connectivity index (χ1v) is 3.90. The summed E-state index contributed by atoms with van der Waals surface area (Å²) in [5.41, 5.74) is 0.454. The van der Waals surface area contributed by atoms with Gasteiger partial charge in [0.15, 0.2) is 18.9 Å². The second kappa shape index (κ2) is 4.00. The number of benzene rings is 1. The monoisotopic (exact) mass is 194 g/mol. The van der Waals surface area contributed by atoms with Crippen LogP contribution in [-0.4, -0.2) is 18.9 Å². The fourth-order valence-electron chi connectivity index (χ4n) is 1.000. The first-order chi connectivity index (χ1) is 6.24. The molecule has 0 bridgehead atoms. The lowest BCUT2D eigenvalue weighted by molar-refractivity contribution is 0.108. The van der Waals surface area contributed by atoms with Crippen molar-refractivity contribution in [2.24, 2.45) is 0 Å². The molecule has 13 heavy (non-hydrogen) atoms. The Morgan fingerprint density at radius 2 is 1.54 bits per heavy atom. The van der Waals surface area contributed by atoms with Gasteiger partial charge in [0.25, 0.3) is 0 Å². The summed E-state index contributed by atoms with van der Waals surface area (Å²) < 4.78 is 0. The molecule has 0 heterocycles. The molecule has 0 aromatic heterocycles. The minimum Gasteiger partial charge on any atom is -0.298 e. The summed E-state index contributed by atoms with van der Waals surface area (Å²) in [5, 5.41) is 0. The lowest BCUT2D eigenvalue weighted by Gasteiger charge is -2.02. The van der Waals surface area contributed by atoms with Crippen LogP contribution in [0.3, 0.4) is 0 Å². The van der Waals surface area contributed by atoms with Crippen molar-refractivity contribution in [2.45, 2.75) is 4.90 Å². The van der Waals surface area contributed by atoms with Gasteiger partial charge in [0, 0.05) is 21.6 Å². The Morgan fingerprint density at radius 3 is 2.00 bits per heavy atom. The predicted octanol–water partition coefficient (Wildman–Crippen LogP) is 1.41. The van der Waals surface area contributed by atoms with E-state index in [9.17, 15) is 14.4 Å². The Labute approximate surface area is 80.2 Å². The molecule has 0 aliphatic carbocycles. The van der Waals surface area contributed by atoms with Gasteiger partial charge in [-0.25, -0.2) is 0 Å². The molecule has 0 atom stereocenters. The maximum atomic E-state index is 10.6. The third kappa shape index (κ3) is 1.67. The van der Waals surface area contributed by atoms with E-state index in [-0.39, 0.29) is 16.7 Å². The van der Waals surface area contributed by atoms with Gasteiger partial charge in [0.05, 0.1) is 0 Å². The van der Waals surface area contributed by atoms with Crippen LogP contribution in [0.25, 0.3) is 0 Å². The Bertz CT molecular complexity index is 371. The molecule has 0 spiro atoms. The summed E-state index contributed by atoms with van der Waals surface area (Å²) in [5.74, 6) is 0. The van der Waals surface area contributed by atoms with Crippen molar-refractivity contribution in [1.82, 2.24) is 0 Å². The summed E-state index contributed by atoms with van der Waals surface area (Å²) in [6.07, 6.45) is 1.52. The minimum atomic E-state index is 0.0949. The van der Waals surface area contributed by atoms with E-state index < -0.39 is 0 Å². The topological polar surface area (TPSA) is 51.2 Å². The van der Waals surface area contributed by atoms with Gasteiger partial charge in [-0.2, -0.15) is 0 Å². The van der Waals surface area contributed by atoms with Gasteiger partial charge in [0.2, 0.25) is 0 Å². The standard InChI is InChI=1S/C9H6O3S/c10-3-6-1-2-9(13)8(5-12)7(6)4-11/h1-5,13H. The second-order valence-corrected chi connectivity index (χ2v) is 2.84. The van der Waals surface area contributed by atoms with Crippen LogP contribution in [0.2, 0.25) is 0 Å². The molecule has 0 aliphatic heterocycles. The lowest BCUT2D eigenvalue weighted by Crippen LogP contribution is -1.98. The molecular formula is C9H6O3S. The average Bonchev–Trinajstić information content (AvgIpc) is 2.17. The van der Waals surface area contributed by atoms with Crippen LogP contribution in [0.1, 0.15) is 31.1 Å². The summed E-state index contributed by atoms with van der Waals surface area (Å²) in [6, 6.07) is 2.95. The third-order valence-electron chi connectivity index (χ3n) is 1.66. The molecular weight excluding hydrogens is 188 g/mol. The van der Waals surface area contributed by atoms with Gasteiger partial charge < -0.3 is 0 Å². The summed E-state index contributed by atoms with van der Waals surface area (Å²) in [6.45, 7) is 0. The second-order valence-electron chi connectivity index (χ2n) is 2.35. The highest BCUT2D eigenvalue weighted by Crippen LogP contribution is 2.18. The van der Waals surface area contributed by atoms with Gasteiger partial charge in [-0.3, -0.25) is 14.4 Å². The van der Waals surface area contributed by atoms with E-state index in [1.165, 1.54) is 12.1 Å². The van der Waals surface area contributed by atoms with Gasteiger partial charge in [-0.1, -0.05) is 0 Å². The summed E-state index contributed by atoms with van der Waals surface area (Å²) in [7, 11) is 0. The van der Waals surface area contributed by atoms with Crippen LogP contribution in [0.5, 0.6) is 0 Å². The van der Waals surface area contributed by atoms with Crippen molar-refractivity contribution >= 4 is 31.5 Å². The lowest BCUT2D eigenvalue weighted by atomic mass is 10.0. The highest BCUT2D eigenvalue weighted by atomic mass is 32.1. The number of hydrogen-bond acceptors (Lipinski definition) is 4. The third-order valence-corrected chi connectivity index (χ3v) is 2.05. The van der Waals surface area contributed by atoms with Crippen molar-refractivity contribution in [3.8, 4) is 0 Å². The van der Waals surface area contributed by atoms with Crippen LogP contribution in [-0.2, 0) is 0 Å². The largest absolute Gasteiger partial charge is 0.298 e. The van der Waals surface area contributed by atoms with Crippen molar-refractivity contribution in [3.05, 3.63) is 28.8 Å². The van der Waals surface area contributed by atoms with Crippen molar-refractivity contribution in [1.29, 1.82) is 0 Å². The highest BCUT2D eigenvalue weighted by Gasteiger charge is 2.09. The zero-order valence-corrected chi connectivity index (χ0v) is 7.45. The van der Waals surface area contributed by atoms with Crippen LogP contribution >= 0.6 is 12.6 Å². The molecule has 3 nitrogen and oxygen atoms in total. The van der Waals surface area contributed by atoms with E-state index >= 15 is 0 Å². The van der Waals surface area contributed by atoms with E-state index in [2.05, 4.69) is 12.6 Å². The molecule has 0 N–H and O–H groups in total. The summed E-state index contributed by atoms with van der Waals surface area (Å²) >= 11 is 3.98. The van der Waals surface area contributed by atoms with Crippen LogP contribution in [0.15, 0.2) is 17.0 Å². The maximum absolute atomic E-state index is 10.6. The van der Waals surface area contributed by atoms with E-state index in [0.29, 0.717) is 23.8 Å². The molecule has 1 aromatic carbocycles. The fraction of sp³-hybridized carbons (Fsp3) is 0. The molecule has 1 aromatic rings. The van der Waals surface area contributed by atoms with E-state index in [0.717, 1.165) is 0 Å². The van der Waals surface area contributed by atoms with E-state index in [1.807, 2.05) is 0 Å². The Kier molecular flexibility index (Phi) is 2.97. The highest BCUT2D eigenvalue weighted by molar-refractivity contribution is 7.80. The van der Waals surface area contributed by atoms with Gasteiger partial charge >= 0.3 is 0 Å². The van der Waals surface area contributed by atoms with E-state index in [1.54, 1.807) is 0 Å². The molecule has 66 valence electrons. The molecule has 0 amide bonds. The zero-order chi connectivity index (χ0) is 9.84. The van der Waals surface area contributed by atoms with Gasteiger partial charge in [0.1, 0.15) is 0 Å². The maximum Gasteiger partial charge on any atom is 0.151 e. The number of carbonyl (C=O) groups is 3. The predicted molar refractivity (Wildman–Crippen MR) is 49.9 cm³/mol. The molecule has 0 aliphatic rings. The average molecular weight is 194 g/mol. The smallest absolute Gasteiger partial charge is 0.151 e. The van der Waals surface area contributed by atoms with Gasteiger partial charge in [-0.05, 0) is 12.1 Å². The molecule has 0 saturated heterocycles. The van der Waals surface area contributed by atoms with Crippen LogP contribution < -0.4 is 0 Å². The molecule has 4 heteroatoms. The summed E-state index contributed by atoms with van der Waals surface area (Å²) in [4.78, 5) is 32.0. The molecule has 0 saturated carbocycles. The number of aldehydes is 3. The Balaban J connectivity index is 3.53. The number of hydrogen-bond donors (Lipinski definition) is 1.